The first-order valence-electron chi connectivity index (χ1n) is 15.0. The molecule has 1 aliphatic carbocycles. The number of allylic oxidation sites excluding steroid dienone is 2. The molecule has 0 bridgehead atoms. The van der Waals surface area contributed by atoms with Crippen LogP contribution in [-0.4, -0.2) is 6.04 Å². The molecule has 5 aromatic carbocycles. The number of anilines is 5. The quantitative estimate of drug-likeness (QED) is 0.200. The van der Waals surface area contributed by atoms with Crippen LogP contribution in [0.1, 0.15) is 31.4 Å². The van der Waals surface area contributed by atoms with Crippen molar-refractivity contribution >= 4 is 28.4 Å². The molecule has 1 unspecified atom stereocenters. The molecule has 2 nitrogen and oxygen atoms in total. The topological polar surface area (TPSA) is 6.48 Å². The molecule has 210 valence electrons. The predicted octanol–water partition coefficient (Wildman–Crippen LogP) is 11.5. The van der Waals surface area contributed by atoms with Gasteiger partial charge in [-0.05, 0) is 92.1 Å². The predicted molar refractivity (Wildman–Crippen MR) is 183 cm³/mol. The zero-order valence-corrected chi connectivity index (χ0v) is 25.1. The van der Waals surface area contributed by atoms with Crippen LogP contribution in [-0.2, 0) is 0 Å². The van der Waals surface area contributed by atoms with Gasteiger partial charge in [0.2, 0.25) is 0 Å². The Morgan fingerprint density at radius 2 is 0.905 bits per heavy atom. The fraction of sp³-hybridized carbons (Fsp3) is 0.150. The van der Waals surface area contributed by atoms with Crippen molar-refractivity contribution in [3.8, 4) is 11.1 Å². The first-order valence-corrected chi connectivity index (χ1v) is 15.0. The van der Waals surface area contributed by atoms with Gasteiger partial charge in [-0.25, -0.2) is 0 Å². The van der Waals surface area contributed by atoms with Crippen LogP contribution in [0.25, 0.3) is 11.1 Å². The van der Waals surface area contributed by atoms with E-state index >= 15 is 0 Å². The highest BCUT2D eigenvalue weighted by Gasteiger charge is 2.19. The molecule has 0 aromatic heterocycles. The number of hydrogen-bond acceptors (Lipinski definition) is 2. The maximum Gasteiger partial charge on any atom is 0.0559 e. The van der Waals surface area contributed by atoms with Crippen LogP contribution in [0.15, 0.2) is 152 Å². The van der Waals surface area contributed by atoms with Gasteiger partial charge in [0, 0.05) is 28.4 Å². The van der Waals surface area contributed by atoms with Crippen molar-refractivity contribution in [3.63, 3.8) is 0 Å². The van der Waals surface area contributed by atoms with Crippen molar-refractivity contribution in [2.45, 2.75) is 40.2 Å². The highest BCUT2D eigenvalue weighted by molar-refractivity contribution is 5.79. The minimum absolute atomic E-state index is 0.295. The summed E-state index contributed by atoms with van der Waals surface area (Å²) in [6.45, 7) is 8.26. The summed E-state index contributed by atoms with van der Waals surface area (Å²) in [6.07, 6.45) is 9.82. The van der Waals surface area contributed by atoms with E-state index in [1.165, 1.54) is 33.6 Å². The second-order valence-electron chi connectivity index (χ2n) is 10.4. The smallest absolute Gasteiger partial charge is 0.0559 e. The van der Waals surface area contributed by atoms with Crippen molar-refractivity contribution in [2.75, 3.05) is 9.80 Å². The van der Waals surface area contributed by atoms with Gasteiger partial charge in [-0.2, -0.15) is 0 Å². The molecular formula is C40H40N2. The van der Waals surface area contributed by atoms with Gasteiger partial charge in [0.05, 0.1) is 6.04 Å². The Balaban J connectivity index is 0.00000173. The highest BCUT2D eigenvalue weighted by Crippen LogP contribution is 2.37. The van der Waals surface area contributed by atoms with E-state index in [2.05, 4.69) is 175 Å². The van der Waals surface area contributed by atoms with Crippen LogP contribution in [0, 0.1) is 13.8 Å². The Bertz CT molecular complexity index is 1600. The second-order valence-corrected chi connectivity index (χ2v) is 10.4. The summed E-state index contributed by atoms with van der Waals surface area (Å²) < 4.78 is 0. The summed E-state index contributed by atoms with van der Waals surface area (Å²) in [7, 11) is 0. The molecule has 0 aliphatic heterocycles. The van der Waals surface area contributed by atoms with E-state index in [1.807, 2.05) is 13.8 Å². The average Bonchev–Trinajstić information content (AvgIpc) is 3.06. The number of rotatable bonds is 7. The SMILES string of the molecule is CC.Cc1ccc(N(c2ccccc2)c2ccc(-c3ccc(N(c4ccc(C)cc4)C4C=CC=CC4)cc3)cc2)cc1. The first kappa shape index (κ1) is 28.7. The molecule has 1 atom stereocenters. The molecular weight excluding hydrogens is 508 g/mol. The zero-order chi connectivity index (χ0) is 29.3. The van der Waals surface area contributed by atoms with E-state index in [0.717, 1.165) is 23.5 Å². The summed E-state index contributed by atoms with van der Waals surface area (Å²) in [5.74, 6) is 0. The van der Waals surface area contributed by atoms with Crippen LogP contribution in [0.2, 0.25) is 0 Å². The molecule has 2 heteroatoms. The molecule has 0 spiro atoms. The monoisotopic (exact) mass is 548 g/mol. The molecule has 0 saturated heterocycles. The van der Waals surface area contributed by atoms with E-state index in [-0.39, 0.29) is 0 Å². The number of aryl methyl sites for hydroxylation is 2. The summed E-state index contributed by atoms with van der Waals surface area (Å²) in [5.41, 5.74) is 10.8. The lowest BCUT2D eigenvalue weighted by Gasteiger charge is -2.32. The number of hydrogen-bond donors (Lipinski definition) is 0. The molecule has 6 rings (SSSR count). The maximum atomic E-state index is 2.44. The Morgan fingerprint density at radius 1 is 0.476 bits per heavy atom. The third-order valence-corrected chi connectivity index (χ3v) is 7.51. The van der Waals surface area contributed by atoms with Crippen molar-refractivity contribution in [3.05, 3.63) is 163 Å². The van der Waals surface area contributed by atoms with Crippen molar-refractivity contribution < 1.29 is 0 Å². The summed E-state index contributed by atoms with van der Waals surface area (Å²) in [4.78, 5) is 4.74. The Labute approximate surface area is 251 Å². The fourth-order valence-corrected chi connectivity index (χ4v) is 5.33. The summed E-state index contributed by atoms with van der Waals surface area (Å²) in [5, 5.41) is 0. The van der Waals surface area contributed by atoms with Crippen molar-refractivity contribution in [1.82, 2.24) is 0 Å². The van der Waals surface area contributed by atoms with Gasteiger partial charge < -0.3 is 9.80 Å². The largest absolute Gasteiger partial charge is 0.334 e. The first-order chi connectivity index (χ1) is 20.7. The standard InChI is InChI=1S/C38H34N2.C2H6/c1-29-13-21-35(22-14-29)39(33-9-5-3-6-10-33)37-25-17-31(18-26-37)32-19-27-38(28-20-32)40(34-11-7-4-8-12-34)36-23-15-30(2)16-24-36;1-2/h3-11,13-28,34H,12H2,1-2H3;1-2H3. The third-order valence-electron chi connectivity index (χ3n) is 7.51. The molecule has 0 saturated carbocycles. The fourth-order valence-electron chi connectivity index (χ4n) is 5.33. The minimum Gasteiger partial charge on any atom is -0.334 e. The van der Waals surface area contributed by atoms with E-state index in [9.17, 15) is 0 Å². The van der Waals surface area contributed by atoms with Crippen LogP contribution < -0.4 is 9.80 Å². The zero-order valence-electron chi connectivity index (χ0n) is 25.1. The van der Waals surface area contributed by atoms with Gasteiger partial charge in [0.25, 0.3) is 0 Å². The molecule has 42 heavy (non-hydrogen) atoms. The summed E-state index contributed by atoms with van der Waals surface area (Å²) in [6, 6.07) is 46.2. The number of benzene rings is 5. The van der Waals surface area contributed by atoms with Gasteiger partial charge in [-0.1, -0.05) is 116 Å². The lowest BCUT2D eigenvalue weighted by atomic mass is 10.0. The molecule has 0 N–H and O–H groups in total. The van der Waals surface area contributed by atoms with Gasteiger partial charge >= 0.3 is 0 Å². The molecule has 0 heterocycles. The second kappa shape index (κ2) is 13.7. The normalized spacial score (nSPS) is 13.7. The lowest BCUT2D eigenvalue weighted by Crippen LogP contribution is -2.29. The molecule has 0 fully saturated rings. The van der Waals surface area contributed by atoms with Gasteiger partial charge in [0.1, 0.15) is 0 Å². The Hall–Kier alpha value is -4.82. The molecule has 1 aliphatic rings. The Kier molecular flexibility index (Phi) is 9.36. The van der Waals surface area contributed by atoms with Gasteiger partial charge in [-0.3, -0.25) is 0 Å². The molecule has 0 amide bonds. The number of nitrogens with zero attached hydrogens (tertiary/aromatic N) is 2. The maximum absolute atomic E-state index is 2.44. The molecule has 5 aromatic rings. The lowest BCUT2D eigenvalue weighted by molar-refractivity contribution is 0.785. The van der Waals surface area contributed by atoms with E-state index in [4.69, 9.17) is 0 Å². The van der Waals surface area contributed by atoms with Crippen LogP contribution in [0.5, 0.6) is 0 Å². The van der Waals surface area contributed by atoms with Gasteiger partial charge in [-0.15, -0.1) is 0 Å². The van der Waals surface area contributed by atoms with Gasteiger partial charge in [0.15, 0.2) is 0 Å². The van der Waals surface area contributed by atoms with E-state index in [0.29, 0.717) is 6.04 Å². The van der Waals surface area contributed by atoms with Crippen molar-refractivity contribution in [2.24, 2.45) is 0 Å². The Morgan fingerprint density at radius 3 is 1.38 bits per heavy atom. The van der Waals surface area contributed by atoms with E-state index < -0.39 is 0 Å². The average molecular weight is 549 g/mol. The van der Waals surface area contributed by atoms with Crippen LogP contribution in [0.4, 0.5) is 28.4 Å². The molecule has 0 radical (unpaired) electrons. The minimum atomic E-state index is 0.295. The van der Waals surface area contributed by atoms with E-state index in [1.54, 1.807) is 0 Å². The van der Waals surface area contributed by atoms with Crippen LogP contribution in [0.3, 0.4) is 0 Å². The highest BCUT2D eigenvalue weighted by atomic mass is 15.2. The van der Waals surface area contributed by atoms with Crippen LogP contribution >= 0.6 is 0 Å². The summed E-state index contributed by atoms with van der Waals surface area (Å²) >= 11 is 0. The van der Waals surface area contributed by atoms with Crippen molar-refractivity contribution in [1.29, 1.82) is 0 Å². The number of para-hydroxylation sites is 1. The third kappa shape index (κ3) is 6.56.